The Labute approximate surface area is 175 Å². The molecule has 162 valence electrons. The number of carbonyl (C=O) groups excluding carboxylic acids is 3. The van der Waals surface area contributed by atoms with E-state index < -0.39 is 23.9 Å². The molecular formula is C21H28N4O5. The van der Waals surface area contributed by atoms with E-state index in [-0.39, 0.29) is 12.6 Å². The van der Waals surface area contributed by atoms with Gasteiger partial charge in [-0.1, -0.05) is 6.92 Å². The van der Waals surface area contributed by atoms with Gasteiger partial charge in [-0.05, 0) is 51.5 Å². The molecule has 9 heteroatoms. The van der Waals surface area contributed by atoms with Crippen molar-refractivity contribution in [2.24, 2.45) is 0 Å². The van der Waals surface area contributed by atoms with Crippen LogP contribution in [0.15, 0.2) is 36.5 Å². The molecule has 2 aromatic rings. The fourth-order valence-electron chi connectivity index (χ4n) is 2.58. The molecule has 0 bridgehead atoms. The molecule has 1 heterocycles. The smallest absolute Gasteiger partial charge is 0.326 e. The van der Waals surface area contributed by atoms with E-state index in [0.29, 0.717) is 23.7 Å². The number of anilines is 1. The Kier molecular flexibility index (Phi) is 8.40. The van der Waals surface area contributed by atoms with Crippen molar-refractivity contribution in [2.45, 2.75) is 46.3 Å². The number of carbonyl (C=O) groups is 3. The lowest BCUT2D eigenvalue weighted by Gasteiger charge is -2.17. The molecule has 0 unspecified atom stereocenters. The van der Waals surface area contributed by atoms with E-state index in [9.17, 15) is 14.4 Å². The van der Waals surface area contributed by atoms with Crippen LogP contribution < -0.4 is 15.4 Å². The minimum atomic E-state index is -1.03. The summed E-state index contributed by atoms with van der Waals surface area (Å²) in [6.45, 7) is 7.51. The molecule has 0 aliphatic rings. The van der Waals surface area contributed by atoms with Gasteiger partial charge in [0.1, 0.15) is 18.1 Å². The molecule has 2 amide bonds. The lowest BCUT2D eigenvalue weighted by molar-refractivity contribution is -0.152. The van der Waals surface area contributed by atoms with Crippen molar-refractivity contribution >= 4 is 23.6 Å². The monoisotopic (exact) mass is 416 g/mol. The highest BCUT2D eigenvalue weighted by Gasteiger charge is 2.20. The zero-order chi connectivity index (χ0) is 22.1. The first-order chi connectivity index (χ1) is 14.3. The summed E-state index contributed by atoms with van der Waals surface area (Å²) in [5.74, 6) is -0.438. The van der Waals surface area contributed by atoms with Crippen LogP contribution in [0, 0.1) is 0 Å². The van der Waals surface area contributed by atoms with E-state index in [1.165, 1.54) is 6.92 Å². The number of benzene rings is 1. The van der Waals surface area contributed by atoms with Gasteiger partial charge in [-0.25, -0.2) is 4.68 Å². The van der Waals surface area contributed by atoms with Crippen LogP contribution in [0.3, 0.4) is 0 Å². The molecule has 0 aliphatic heterocycles. The van der Waals surface area contributed by atoms with Crippen molar-refractivity contribution in [3.63, 3.8) is 0 Å². The van der Waals surface area contributed by atoms with Gasteiger partial charge in [0.2, 0.25) is 0 Å². The molecular weight excluding hydrogens is 388 g/mol. The number of rotatable bonds is 10. The van der Waals surface area contributed by atoms with E-state index in [1.807, 2.05) is 20.8 Å². The van der Waals surface area contributed by atoms with Gasteiger partial charge in [0.25, 0.3) is 11.8 Å². The molecule has 0 spiro atoms. The average Bonchev–Trinajstić information content (AvgIpc) is 3.20. The molecule has 1 aromatic carbocycles. The number of hydrogen-bond donors (Lipinski definition) is 2. The van der Waals surface area contributed by atoms with Gasteiger partial charge in [0.15, 0.2) is 6.10 Å². The SMILES string of the molecule is CCOc1ccc(C(=O)NCC(=O)O[C@H](C)C(=O)Nc2ccnn2[C@H](C)CC)cc1. The summed E-state index contributed by atoms with van der Waals surface area (Å²) in [5, 5.41) is 9.37. The standard InChI is InChI=1S/C21H28N4O5/c1-5-14(3)25-18(11-12-23-25)24-20(27)15(4)30-19(26)13-22-21(28)16-7-9-17(10-8-16)29-6-2/h7-12,14-15H,5-6,13H2,1-4H3,(H,22,28)(H,24,27)/t14-,15-/m1/s1. The largest absolute Gasteiger partial charge is 0.494 e. The number of esters is 1. The van der Waals surface area contributed by atoms with Crippen LogP contribution in [0.5, 0.6) is 5.75 Å². The third kappa shape index (κ3) is 6.33. The highest BCUT2D eigenvalue weighted by molar-refractivity contribution is 5.97. The quantitative estimate of drug-likeness (QED) is 0.576. The topological polar surface area (TPSA) is 112 Å². The highest BCUT2D eigenvalue weighted by atomic mass is 16.5. The maximum absolute atomic E-state index is 12.3. The normalized spacial score (nSPS) is 12.5. The number of aromatic nitrogens is 2. The van der Waals surface area contributed by atoms with Gasteiger partial charge in [0, 0.05) is 11.6 Å². The third-order valence-corrected chi connectivity index (χ3v) is 4.43. The first-order valence-corrected chi connectivity index (χ1v) is 9.90. The maximum atomic E-state index is 12.3. The Morgan fingerprint density at radius 2 is 1.80 bits per heavy atom. The summed E-state index contributed by atoms with van der Waals surface area (Å²) in [5.41, 5.74) is 0.385. The van der Waals surface area contributed by atoms with Crippen molar-refractivity contribution in [1.82, 2.24) is 15.1 Å². The molecule has 2 N–H and O–H groups in total. The van der Waals surface area contributed by atoms with Crippen LogP contribution >= 0.6 is 0 Å². The van der Waals surface area contributed by atoms with Crippen molar-refractivity contribution in [3.05, 3.63) is 42.1 Å². The van der Waals surface area contributed by atoms with E-state index in [2.05, 4.69) is 15.7 Å². The lowest BCUT2D eigenvalue weighted by Crippen LogP contribution is -2.36. The average molecular weight is 416 g/mol. The summed E-state index contributed by atoms with van der Waals surface area (Å²) in [4.78, 5) is 36.5. The van der Waals surface area contributed by atoms with Gasteiger partial charge in [0.05, 0.1) is 18.8 Å². The van der Waals surface area contributed by atoms with Gasteiger partial charge in [-0.2, -0.15) is 5.10 Å². The minimum Gasteiger partial charge on any atom is -0.494 e. The van der Waals surface area contributed by atoms with Crippen molar-refractivity contribution < 1.29 is 23.9 Å². The molecule has 9 nitrogen and oxygen atoms in total. The molecule has 0 radical (unpaired) electrons. The molecule has 2 atom stereocenters. The minimum absolute atomic E-state index is 0.117. The van der Waals surface area contributed by atoms with Crippen LogP contribution in [-0.2, 0) is 14.3 Å². The molecule has 1 aromatic heterocycles. The Bertz CT molecular complexity index is 863. The van der Waals surface area contributed by atoms with Crippen LogP contribution in [0.2, 0.25) is 0 Å². The Morgan fingerprint density at radius 3 is 2.43 bits per heavy atom. The van der Waals surface area contributed by atoms with E-state index in [1.54, 1.807) is 41.2 Å². The van der Waals surface area contributed by atoms with Crippen molar-refractivity contribution in [3.8, 4) is 5.75 Å². The number of hydrogen-bond acceptors (Lipinski definition) is 6. The molecule has 30 heavy (non-hydrogen) atoms. The summed E-state index contributed by atoms with van der Waals surface area (Å²) in [6, 6.07) is 8.34. The lowest BCUT2D eigenvalue weighted by atomic mass is 10.2. The van der Waals surface area contributed by atoms with Gasteiger partial charge in [-0.15, -0.1) is 0 Å². The van der Waals surface area contributed by atoms with Crippen LogP contribution in [0.1, 0.15) is 50.5 Å². The first kappa shape index (κ1) is 22.9. The van der Waals surface area contributed by atoms with Gasteiger partial charge >= 0.3 is 5.97 Å². The Hall–Kier alpha value is -3.36. The number of ether oxygens (including phenoxy) is 2. The van der Waals surface area contributed by atoms with E-state index >= 15 is 0 Å². The Balaban J connectivity index is 1.81. The van der Waals surface area contributed by atoms with Crippen molar-refractivity contribution in [2.75, 3.05) is 18.5 Å². The number of amides is 2. The fourth-order valence-corrected chi connectivity index (χ4v) is 2.58. The molecule has 2 rings (SSSR count). The molecule has 0 saturated carbocycles. The predicted molar refractivity (Wildman–Crippen MR) is 111 cm³/mol. The zero-order valence-corrected chi connectivity index (χ0v) is 17.7. The molecule has 0 aliphatic carbocycles. The van der Waals surface area contributed by atoms with E-state index in [0.717, 1.165) is 6.42 Å². The second-order valence-corrected chi connectivity index (χ2v) is 6.68. The summed E-state index contributed by atoms with van der Waals surface area (Å²) >= 11 is 0. The molecule has 0 saturated heterocycles. The van der Waals surface area contributed by atoms with Crippen LogP contribution in [0.4, 0.5) is 5.82 Å². The number of nitrogens with zero attached hydrogens (tertiary/aromatic N) is 2. The molecule has 0 fully saturated rings. The predicted octanol–water partition coefficient (Wildman–Crippen LogP) is 2.55. The third-order valence-electron chi connectivity index (χ3n) is 4.43. The summed E-state index contributed by atoms with van der Waals surface area (Å²) in [6.07, 6.45) is 1.41. The van der Waals surface area contributed by atoms with Crippen LogP contribution in [0.25, 0.3) is 0 Å². The second kappa shape index (κ2) is 11.0. The van der Waals surface area contributed by atoms with Gasteiger partial charge < -0.3 is 20.1 Å². The summed E-state index contributed by atoms with van der Waals surface area (Å²) in [7, 11) is 0. The highest BCUT2D eigenvalue weighted by Crippen LogP contribution is 2.17. The fraction of sp³-hybridized carbons (Fsp3) is 0.429. The first-order valence-electron chi connectivity index (χ1n) is 9.90. The number of nitrogens with one attached hydrogen (secondary N) is 2. The van der Waals surface area contributed by atoms with Gasteiger partial charge in [-0.3, -0.25) is 14.4 Å². The zero-order valence-electron chi connectivity index (χ0n) is 17.7. The summed E-state index contributed by atoms with van der Waals surface area (Å²) < 4.78 is 12.1. The van der Waals surface area contributed by atoms with Crippen LogP contribution in [-0.4, -0.2) is 46.8 Å². The Morgan fingerprint density at radius 1 is 1.10 bits per heavy atom. The maximum Gasteiger partial charge on any atom is 0.326 e. The van der Waals surface area contributed by atoms with E-state index in [4.69, 9.17) is 9.47 Å². The second-order valence-electron chi connectivity index (χ2n) is 6.68. The van der Waals surface area contributed by atoms with Crippen molar-refractivity contribution in [1.29, 1.82) is 0 Å².